The van der Waals surface area contributed by atoms with Gasteiger partial charge in [0.1, 0.15) is 0 Å². The molecule has 0 bridgehead atoms. The fourth-order valence-corrected chi connectivity index (χ4v) is 3.23. The quantitative estimate of drug-likeness (QED) is 0.761. The second-order valence-electron chi connectivity index (χ2n) is 4.60. The molecule has 0 amide bonds. The average Bonchev–Trinajstić information content (AvgIpc) is 2.33. The van der Waals surface area contributed by atoms with Crippen LogP contribution in [0.4, 0.5) is 0 Å². The zero-order valence-corrected chi connectivity index (χ0v) is 13.8. The summed E-state index contributed by atoms with van der Waals surface area (Å²) >= 11 is 15.8. The highest BCUT2D eigenvalue weighted by atomic mass is 79.9. The number of aryl methyl sites for hydroxylation is 2. The Kier molecular flexibility index (Phi) is 4.57. The highest BCUT2D eigenvalue weighted by Crippen LogP contribution is 2.33. The molecule has 2 aromatic rings. The fourth-order valence-electron chi connectivity index (χ4n) is 1.96. The first-order chi connectivity index (χ1) is 8.90. The average molecular weight is 359 g/mol. The molecular formula is C15H14BrCl2N. The van der Waals surface area contributed by atoms with Crippen molar-refractivity contribution in [3.05, 3.63) is 67.1 Å². The Hall–Kier alpha value is -0.540. The van der Waals surface area contributed by atoms with Crippen LogP contribution in [0.2, 0.25) is 10.0 Å². The second kappa shape index (κ2) is 5.84. The number of hydrogen-bond donors (Lipinski definition) is 1. The molecule has 0 aromatic heterocycles. The lowest BCUT2D eigenvalue weighted by Gasteiger charge is -2.17. The summed E-state index contributed by atoms with van der Waals surface area (Å²) in [5, 5.41) is 1.37. The summed E-state index contributed by atoms with van der Waals surface area (Å²) in [7, 11) is 0. The minimum atomic E-state index is -0.279. The number of rotatable bonds is 2. The largest absolute Gasteiger partial charge is 0.320 e. The van der Waals surface area contributed by atoms with Gasteiger partial charge in [-0.25, -0.2) is 0 Å². The smallest absolute Gasteiger partial charge is 0.0577 e. The summed E-state index contributed by atoms with van der Waals surface area (Å²) in [5.41, 5.74) is 10.6. The minimum absolute atomic E-state index is 0.279. The molecule has 0 spiro atoms. The van der Waals surface area contributed by atoms with E-state index in [1.807, 2.05) is 37.3 Å². The van der Waals surface area contributed by atoms with Gasteiger partial charge in [-0.2, -0.15) is 0 Å². The highest BCUT2D eigenvalue weighted by molar-refractivity contribution is 9.10. The second-order valence-corrected chi connectivity index (χ2v) is 6.30. The first kappa shape index (κ1) is 14.9. The lowest BCUT2D eigenvalue weighted by Crippen LogP contribution is -2.13. The van der Waals surface area contributed by atoms with Crippen LogP contribution in [0.3, 0.4) is 0 Å². The molecule has 0 saturated heterocycles. The predicted octanol–water partition coefficient (Wildman–Crippen LogP) is 5.42. The third kappa shape index (κ3) is 3.14. The molecule has 0 heterocycles. The Morgan fingerprint density at radius 3 is 2.26 bits per heavy atom. The van der Waals surface area contributed by atoms with Crippen molar-refractivity contribution >= 4 is 39.1 Å². The van der Waals surface area contributed by atoms with Gasteiger partial charge in [0.15, 0.2) is 0 Å². The molecule has 1 unspecified atom stereocenters. The molecule has 0 radical (unpaired) electrons. The van der Waals surface area contributed by atoms with Gasteiger partial charge in [0, 0.05) is 14.5 Å². The van der Waals surface area contributed by atoms with Crippen LogP contribution in [0.25, 0.3) is 0 Å². The zero-order valence-electron chi connectivity index (χ0n) is 10.7. The SMILES string of the molecule is Cc1cc(Cl)c(C(N)c2ccc(Cl)cc2Br)cc1C. The van der Waals surface area contributed by atoms with Crippen LogP contribution >= 0.6 is 39.1 Å². The van der Waals surface area contributed by atoms with Crippen LogP contribution in [0, 0.1) is 13.8 Å². The van der Waals surface area contributed by atoms with Crippen molar-refractivity contribution in [3.8, 4) is 0 Å². The zero-order chi connectivity index (χ0) is 14.2. The van der Waals surface area contributed by atoms with Crippen LogP contribution in [-0.2, 0) is 0 Å². The van der Waals surface area contributed by atoms with Crippen molar-refractivity contribution < 1.29 is 0 Å². The molecule has 2 rings (SSSR count). The monoisotopic (exact) mass is 357 g/mol. The molecule has 2 N–H and O–H groups in total. The molecule has 0 aliphatic heterocycles. The first-order valence-electron chi connectivity index (χ1n) is 5.87. The minimum Gasteiger partial charge on any atom is -0.320 e. The van der Waals surface area contributed by atoms with E-state index < -0.39 is 0 Å². The molecule has 1 atom stereocenters. The van der Waals surface area contributed by atoms with Gasteiger partial charge in [0.05, 0.1) is 6.04 Å². The van der Waals surface area contributed by atoms with Crippen molar-refractivity contribution in [2.24, 2.45) is 5.73 Å². The van der Waals surface area contributed by atoms with Crippen molar-refractivity contribution in [1.82, 2.24) is 0 Å². The van der Waals surface area contributed by atoms with Gasteiger partial charge in [-0.05, 0) is 54.3 Å². The Balaban J connectivity index is 2.49. The van der Waals surface area contributed by atoms with Crippen molar-refractivity contribution in [2.45, 2.75) is 19.9 Å². The molecule has 2 aromatic carbocycles. The number of nitrogens with two attached hydrogens (primary N) is 1. The lowest BCUT2D eigenvalue weighted by molar-refractivity contribution is 0.863. The lowest BCUT2D eigenvalue weighted by atomic mass is 9.96. The summed E-state index contributed by atoms with van der Waals surface area (Å²) in [5.74, 6) is 0. The fraction of sp³-hybridized carbons (Fsp3) is 0.200. The van der Waals surface area contributed by atoms with Crippen LogP contribution in [0.1, 0.15) is 28.3 Å². The molecule has 1 nitrogen and oxygen atoms in total. The van der Waals surface area contributed by atoms with Gasteiger partial charge in [0.25, 0.3) is 0 Å². The summed E-state index contributed by atoms with van der Waals surface area (Å²) in [6.45, 7) is 4.09. The van der Waals surface area contributed by atoms with E-state index >= 15 is 0 Å². The topological polar surface area (TPSA) is 26.0 Å². The number of benzene rings is 2. The summed E-state index contributed by atoms with van der Waals surface area (Å²) in [6.07, 6.45) is 0. The Morgan fingerprint density at radius 2 is 1.63 bits per heavy atom. The maximum atomic E-state index is 6.33. The van der Waals surface area contributed by atoms with Crippen molar-refractivity contribution in [1.29, 1.82) is 0 Å². The Labute approximate surface area is 131 Å². The maximum absolute atomic E-state index is 6.33. The predicted molar refractivity (Wildman–Crippen MR) is 86.1 cm³/mol. The van der Waals surface area contributed by atoms with Crippen LogP contribution < -0.4 is 5.73 Å². The summed E-state index contributed by atoms with van der Waals surface area (Å²) < 4.78 is 0.891. The maximum Gasteiger partial charge on any atom is 0.0577 e. The molecule has 0 aliphatic carbocycles. The van der Waals surface area contributed by atoms with Crippen molar-refractivity contribution in [3.63, 3.8) is 0 Å². The van der Waals surface area contributed by atoms with Gasteiger partial charge in [0.2, 0.25) is 0 Å². The van der Waals surface area contributed by atoms with Gasteiger partial charge < -0.3 is 5.73 Å². The van der Waals surface area contributed by atoms with Crippen LogP contribution in [-0.4, -0.2) is 0 Å². The third-order valence-electron chi connectivity index (χ3n) is 3.25. The third-order valence-corrected chi connectivity index (χ3v) is 4.49. The summed E-state index contributed by atoms with van der Waals surface area (Å²) in [4.78, 5) is 0. The van der Waals surface area contributed by atoms with E-state index in [2.05, 4.69) is 22.9 Å². The van der Waals surface area contributed by atoms with E-state index in [1.54, 1.807) is 0 Å². The molecule has 19 heavy (non-hydrogen) atoms. The van der Waals surface area contributed by atoms with E-state index in [9.17, 15) is 0 Å². The van der Waals surface area contributed by atoms with Gasteiger partial charge >= 0.3 is 0 Å². The number of halogens is 3. The van der Waals surface area contributed by atoms with Crippen molar-refractivity contribution in [2.75, 3.05) is 0 Å². The molecule has 0 fully saturated rings. The van der Waals surface area contributed by atoms with Gasteiger partial charge in [-0.15, -0.1) is 0 Å². The van der Waals surface area contributed by atoms with E-state index in [-0.39, 0.29) is 6.04 Å². The van der Waals surface area contributed by atoms with E-state index in [0.717, 1.165) is 21.2 Å². The Morgan fingerprint density at radius 1 is 1.00 bits per heavy atom. The highest BCUT2D eigenvalue weighted by Gasteiger charge is 2.16. The Bertz CT molecular complexity index is 626. The van der Waals surface area contributed by atoms with E-state index in [4.69, 9.17) is 28.9 Å². The molecule has 100 valence electrons. The van der Waals surface area contributed by atoms with Gasteiger partial charge in [-0.1, -0.05) is 51.3 Å². The molecular weight excluding hydrogens is 345 g/mol. The summed E-state index contributed by atoms with van der Waals surface area (Å²) in [6, 6.07) is 9.31. The first-order valence-corrected chi connectivity index (χ1v) is 7.42. The normalized spacial score (nSPS) is 12.5. The standard InChI is InChI=1S/C15H14BrCl2N/c1-8-5-12(14(18)6-9(8)2)15(19)11-4-3-10(17)7-13(11)16/h3-7,15H,19H2,1-2H3. The van der Waals surface area contributed by atoms with Crippen LogP contribution in [0.15, 0.2) is 34.8 Å². The number of hydrogen-bond acceptors (Lipinski definition) is 1. The van der Waals surface area contributed by atoms with E-state index in [0.29, 0.717) is 10.0 Å². The molecule has 0 saturated carbocycles. The molecule has 4 heteroatoms. The van der Waals surface area contributed by atoms with Gasteiger partial charge in [-0.3, -0.25) is 0 Å². The van der Waals surface area contributed by atoms with Crippen LogP contribution in [0.5, 0.6) is 0 Å². The molecule has 0 aliphatic rings. The van der Waals surface area contributed by atoms with E-state index in [1.165, 1.54) is 5.56 Å².